The first-order valence-corrected chi connectivity index (χ1v) is 15.7. The van der Waals surface area contributed by atoms with E-state index in [2.05, 4.69) is 16.0 Å². The Kier molecular flexibility index (Phi) is 11.8. The van der Waals surface area contributed by atoms with Gasteiger partial charge in [-0.1, -0.05) is 84.9 Å². The SMILES string of the molecule is CC(C)(C)OC(=O)N[C@H](CCCCNC(=O)[C@@H]1Cc2ccccc2CN1C(=O)O)C(=O)NCC(c1ccccc1)c1ccccc1. The van der Waals surface area contributed by atoms with Gasteiger partial charge in [0, 0.05) is 25.4 Å². The number of benzene rings is 3. The highest BCUT2D eigenvalue weighted by Gasteiger charge is 2.34. The fourth-order valence-corrected chi connectivity index (χ4v) is 5.60. The fraction of sp³-hybridized carbons (Fsp3) is 0.389. The molecule has 46 heavy (non-hydrogen) atoms. The lowest BCUT2D eigenvalue weighted by Crippen LogP contribution is -2.52. The Morgan fingerprint density at radius 1 is 0.848 bits per heavy atom. The van der Waals surface area contributed by atoms with E-state index in [0.717, 1.165) is 22.3 Å². The number of hydrogen-bond acceptors (Lipinski definition) is 5. The van der Waals surface area contributed by atoms with Gasteiger partial charge in [0.15, 0.2) is 0 Å². The summed E-state index contributed by atoms with van der Waals surface area (Å²) >= 11 is 0. The molecule has 0 saturated carbocycles. The second-order valence-corrected chi connectivity index (χ2v) is 12.5. The molecule has 1 aliphatic rings. The Bertz CT molecular complexity index is 1440. The third-order valence-electron chi connectivity index (χ3n) is 7.91. The number of ether oxygens (including phenoxy) is 1. The summed E-state index contributed by atoms with van der Waals surface area (Å²) in [7, 11) is 0. The maximum Gasteiger partial charge on any atom is 0.408 e. The maximum atomic E-state index is 13.5. The number of carbonyl (C=O) groups is 4. The average molecular weight is 629 g/mol. The molecule has 0 aromatic heterocycles. The van der Waals surface area contributed by atoms with E-state index in [9.17, 15) is 24.3 Å². The molecule has 0 radical (unpaired) electrons. The summed E-state index contributed by atoms with van der Waals surface area (Å²) in [6.07, 6.45) is -0.152. The third-order valence-corrected chi connectivity index (χ3v) is 7.91. The Hall–Kier alpha value is -4.86. The molecule has 3 aromatic rings. The molecule has 0 bridgehead atoms. The van der Waals surface area contributed by atoms with E-state index in [1.807, 2.05) is 84.9 Å². The molecule has 10 nitrogen and oxygen atoms in total. The zero-order valence-corrected chi connectivity index (χ0v) is 26.7. The van der Waals surface area contributed by atoms with E-state index in [1.165, 1.54) is 4.90 Å². The highest BCUT2D eigenvalue weighted by Crippen LogP contribution is 2.25. The molecule has 0 aliphatic carbocycles. The minimum Gasteiger partial charge on any atom is -0.465 e. The second-order valence-electron chi connectivity index (χ2n) is 12.5. The zero-order chi connectivity index (χ0) is 33.1. The summed E-state index contributed by atoms with van der Waals surface area (Å²) in [5.41, 5.74) is 3.25. The van der Waals surface area contributed by atoms with Crippen LogP contribution in [0.25, 0.3) is 0 Å². The zero-order valence-electron chi connectivity index (χ0n) is 26.7. The number of hydrogen-bond donors (Lipinski definition) is 4. The van der Waals surface area contributed by atoms with Gasteiger partial charge in [-0.3, -0.25) is 14.5 Å². The van der Waals surface area contributed by atoms with Gasteiger partial charge in [0.2, 0.25) is 11.8 Å². The highest BCUT2D eigenvalue weighted by atomic mass is 16.6. The van der Waals surface area contributed by atoms with Crippen molar-refractivity contribution in [2.24, 2.45) is 0 Å². The summed E-state index contributed by atoms with van der Waals surface area (Å²) in [6.45, 7) is 6.06. The van der Waals surface area contributed by atoms with Crippen molar-refractivity contribution in [3.05, 3.63) is 107 Å². The largest absolute Gasteiger partial charge is 0.465 e. The van der Waals surface area contributed by atoms with Crippen molar-refractivity contribution in [2.75, 3.05) is 13.1 Å². The van der Waals surface area contributed by atoms with Crippen LogP contribution in [0.1, 0.15) is 68.2 Å². The van der Waals surface area contributed by atoms with Crippen LogP contribution >= 0.6 is 0 Å². The highest BCUT2D eigenvalue weighted by molar-refractivity contribution is 5.86. The van der Waals surface area contributed by atoms with Gasteiger partial charge in [-0.15, -0.1) is 0 Å². The first-order valence-electron chi connectivity index (χ1n) is 15.7. The van der Waals surface area contributed by atoms with Gasteiger partial charge in [-0.05, 0) is 62.3 Å². The average Bonchev–Trinajstić information content (AvgIpc) is 3.03. The van der Waals surface area contributed by atoms with Gasteiger partial charge in [-0.2, -0.15) is 0 Å². The quantitative estimate of drug-likeness (QED) is 0.203. The molecule has 1 aliphatic heterocycles. The number of nitrogens with zero attached hydrogens (tertiary/aromatic N) is 1. The summed E-state index contributed by atoms with van der Waals surface area (Å²) in [5.74, 6) is -0.767. The molecule has 10 heteroatoms. The van der Waals surface area contributed by atoms with Crippen LogP contribution in [0.4, 0.5) is 9.59 Å². The Labute approximate surface area is 270 Å². The van der Waals surface area contributed by atoms with E-state index < -0.39 is 29.9 Å². The number of nitrogens with one attached hydrogen (secondary N) is 3. The van der Waals surface area contributed by atoms with Crippen LogP contribution in [0.5, 0.6) is 0 Å². The molecule has 0 unspecified atom stereocenters. The minimum atomic E-state index is -1.14. The van der Waals surface area contributed by atoms with Crippen molar-refractivity contribution >= 4 is 24.0 Å². The molecule has 0 fully saturated rings. The first kappa shape index (κ1) is 34.0. The molecule has 4 amide bonds. The van der Waals surface area contributed by atoms with Crippen LogP contribution in [0.3, 0.4) is 0 Å². The monoisotopic (exact) mass is 628 g/mol. The molecular weight excluding hydrogens is 584 g/mol. The number of rotatable bonds is 12. The summed E-state index contributed by atoms with van der Waals surface area (Å²) in [6, 6.07) is 25.7. The molecular formula is C36H44N4O6. The van der Waals surface area contributed by atoms with Crippen molar-refractivity contribution in [1.29, 1.82) is 0 Å². The van der Waals surface area contributed by atoms with Crippen molar-refractivity contribution in [3.8, 4) is 0 Å². The van der Waals surface area contributed by atoms with Crippen LogP contribution in [0.15, 0.2) is 84.9 Å². The van der Waals surface area contributed by atoms with Gasteiger partial charge in [0.05, 0.1) is 6.54 Å². The number of amides is 4. The van der Waals surface area contributed by atoms with E-state index in [4.69, 9.17) is 4.74 Å². The van der Waals surface area contributed by atoms with Gasteiger partial charge < -0.3 is 25.8 Å². The standard InChI is InChI=1S/C36H44N4O6/c1-36(2,3)46-34(43)39-30(32(41)38-23-29(25-14-6-4-7-15-25)26-16-8-5-9-17-26)20-12-13-21-37-33(42)31-22-27-18-10-11-19-28(27)24-40(31)35(44)45/h4-11,14-19,29-31H,12-13,20-24H2,1-3H3,(H,37,42)(H,38,41)(H,39,43)(H,44,45)/t30-,31+/m1/s1. The Morgan fingerprint density at radius 2 is 1.43 bits per heavy atom. The number of alkyl carbamates (subject to hydrolysis) is 1. The Morgan fingerprint density at radius 3 is 2.02 bits per heavy atom. The molecule has 4 rings (SSSR count). The second kappa shape index (κ2) is 15.9. The molecule has 1 heterocycles. The predicted octanol–water partition coefficient (Wildman–Crippen LogP) is 5.22. The number of carboxylic acid groups (broad SMARTS) is 1. The Balaban J connectivity index is 1.34. The predicted molar refractivity (Wildman–Crippen MR) is 175 cm³/mol. The normalized spacial score (nSPS) is 15.0. The molecule has 4 N–H and O–H groups in total. The van der Waals surface area contributed by atoms with Gasteiger partial charge in [-0.25, -0.2) is 9.59 Å². The van der Waals surface area contributed by atoms with E-state index in [-0.39, 0.29) is 24.3 Å². The maximum absolute atomic E-state index is 13.5. The third kappa shape index (κ3) is 9.82. The lowest BCUT2D eigenvalue weighted by molar-refractivity contribution is -0.126. The number of fused-ring (bicyclic) bond motifs is 1. The van der Waals surface area contributed by atoms with Crippen molar-refractivity contribution in [1.82, 2.24) is 20.9 Å². The topological polar surface area (TPSA) is 137 Å². The lowest BCUT2D eigenvalue weighted by atomic mass is 9.91. The van der Waals surface area contributed by atoms with Crippen LogP contribution in [0, 0.1) is 0 Å². The molecule has 244 valence electrons. The van der Waals surface area contributed by atoms with Gasteiger partial charge in [0.25, 0.3) is 0 Å². The number of carbonyl (C=O) groups excluding carboxylic acids is 3. The summed E-state index contributed by atoms with van der Waals surface area (Å²) in [4.78, 5) is 52.2. The van der Waals surface area contributed by atoms with Crippen molar-refractivity contribution in [2.45, 2.75) is 76.6 Å². The van der Waals surface area contributed by atoms with Crippen LogP contribution in [-0.2, 0) is 27.3 Å². The van der Waals surface area contributed by atoms with Crippen LogP contribution in [0.2, 0.25) is 0 Å². The molecule has 2 atom stereocenters. The van der Waals surface area contributed by atoms with Gasteiger partial charge in [0.1, 0.15) is 17.7 Å². The first-order chi connectivity index (χ1) is 22.0. The smallest absolute Gasteiger partial charge is 0.408 e. The van der Waals surface area contributed by atoms with Crippen LogP contribution < -0.4 is 16.0 Å². The van der Waals surface area contributed by atoms with Gasteiger partial charge >= 0.3 is 12.2 Å². The lowest BCUT2D eigenvalue weighted by Gasteiger charge is -2.34. The van der Waals surface area contributed by atoms with E-state index >= 15 is 0 Å². The van der Waals surface area contributed by atoms with E-state index in [1.54, 1.807) is 20.8 Å². The number of unbranched alkanes of at least 4 members (excludes halogenated alkanes) is 1. The molecule has 0 saturated heterocycles. The van der Waals surface area contributed by atoms with E-state index in [0.29, 0.717) is 38.8 Å². The van der Waals surface area contributed by atoms with Crippen molar-refractivity contribution in [3.63, 3.8) is 0 Å². The molecule has 3 aromatic carbocycles. The summed E-state index contributed by atoms with van der Waals surface area (Å²) < 4.78 is 5.42. The molecule has 0 spiro atoms. The van der Waals surface area contributed by atoms with Crippen molar-refractivity contribution < 1.29 is 29.0 Å². The fourth-order valence-electron chi connectivity index (χ4n) is 5.60. The summed E-state index contributed by atoms with van der Waals surface area (Å²) in [5, 5.41) is 18.3. The minimum absolute atomic E-state index is 0.0825. The van der Waals surface area contributed by atoms with Crippen LogP contribution in [-0.4, -0.2) is 64.8 Å².